The Kier molecular flexibility index (Phi) is 11.0. The van der Waals surface area contributed by atoms with E-state index in [0.29, 0.717) is 31.5 Å². The Morgan fingerprint density at radius 3 is 2.24 bits per heavy atom. The summed E-state index contributed by atoms with van der Waals surface area (Å²) in [5.74, 6) is -0.00618. The molecule has 0 amide bonds. The highest BCUT2D eigenvalue weighted by Gasteiger charge is 2.81. The molecular weight excluding hydrogens is 781 g/mol. The SMILES string of the molecule is CC(C)=C[C@@H]1CO[C@]23C[C@]4(CO2)[C@H](CC[C@@H]2[C@@]5(C)CC[C@H](O[C@@H]6OC[C@H](O)[C@H](O[C@@H]7O[C@H](COS(=O)(=O)O)[C@@H](O)[C@H](O)[C@H]7O)[C@H]6O)C(C)(C)C5CC[C@]24C)[C@@H]3[C@@]1(C)O. The van der Waals surface area contributed by atoms with Crippen LogP contribution < -0.4 is 0 Å². The summed E-state index contributed by atoms with van der Waals surface area (Å²) in [6.07, 6.45) is -6.20. The van der Waals surface area contributed by atoms with E-state index in [-0.39, 0.29) is 52.1 Å². The lowest BCUT2D eigenvalue weighted by atomic mass is 9.35. The summed E-state index contributed by atoms with van der Waals surface area (Å²) >= 11 is 0. The fraction of sp³-hybridized carbons (Fsp3) is 0.951. The molecule has 58 heavy (non-hydrogen) atoms. The summed E-state index contributed by atoms with van der Waals surface area (Å²) in [4.78, 5) is 0. The van der Waals surface area contributed by atoms with Crippen LogP contribution in [0.5, 0.6) is 0 Å². The smallest absolute Gasteiger partial charge is 0.389 e. The molecule has 8 aliphatic rings. The van der Waals surface area contributed by atoms with E-state index in [0.717, 1.165) is 38.5 Å². The fourth-order valence-electron chi connectivity index (χ4n) is 14.4. The van der Waals surface area contributed by atoms with Crippen LogP contribution in [-0.4, -0.2) is 143 Å². The molecular formula is C41H66O16S. The Morgan fingerprint density at radius 2 is 1.55 bits per heavy atom. The molecule has 8 fully saturated rings. The molecule has 7 N–H and O–H groups in total. The van der Waals surface area contributed by atoms with E-state index in [1.165, 1.54) is 5.57 Å². The number of hydrogen-bond acceptors (Lipinski definition) is 15. The van der Waals surface area contributed by atoms with Crippen LogP contribution in [0.4, 0.5) is 0 Å². The Balaban J connectivity index is 0.973. The van der Waals surface area contributed by atoms with Crippen molar-refractivity contribution in [1.29, 1.82) is 0 Å². The largest absolute Gasteiger partial charge is 0.397 e. The van der Waals surface area contributed by atoms with Gasteiger partial charge in [-0.15, -0.1) is 0 Å². The van der Waals surface area contributed by atoms with E-state index in [9.17, 15) is 39.1 Å². The number of rotatable bonds is 8. The topological polar surface area (TPSA) is 240 Å². The van der Waals surface area contributed by atoms with Crippen LogP contribution in [0.25, 0.3) is 0 Å². The van der Waals surface area contributed by atoms with Gasteiger partial charge < -0.3 is 59.1 Å². The van der Waals surface area contributed by atoms with Gasteiger partial charge in [-0.05, 0) is 93.3 Å². The summed E-state index contributed by atoms with van der Waals surface area (Å²) in [7, 11) is -4.92. The van der Waals surface area contributed by atoms with Crippen LogP contribution in [0.2, 0.25) is 0 Å². The van der Waals surface area contributed by atoms with E-state index in [2.05, 4.69) is 51.8 Å². The summed E-state index contributed by atoms with van der Waals surface area (Å²) < 4.78 is 72.9. The van der Waals surface area contributed by atoms with Crippen LogP contribution in [0.15, 0.2) is 11.6 Å². The molecule has 1 unspecified atom stereocenters. The van der Waals surface area contributed by atoms with E-state index in [1.54, 1.807) is 0 Å². The first-order valence-corrected chi connectivity index (χ1v) is 22.5. The van der Waals surface area contributed by atoms with E-state index in [4.69, 9.17) is 33.0 Å². The van der Waals surface area contributed by atoms with E-state index in [1.807, 2.05) is 6.92 Å². The van der Waals surface area contributed by atoms with Crippen LogP contribution in [0, 0.1) is 51.2 Å². The molecule has 4 aliphatic heterocycles. The van der Waals surface area contributed by atoms with Gasteiger partial charge in [-0.25, -0.2) is 4.18 Å². The van der Waals surface area contributed by atoms with Crippen molar-refractivity contribution < 1.29 is 76.2 Å². The molecule has 17 heteroatoms. The zero-order valence-corrected chi connectivity index (χ0v) is 35.5. The van der Waals surface area contributed by atoms with Crippen LogP contribution in [-0.2, 0) is 43.0 Å². The number of fused-ring (bicyclic) bond motifs is 4. The maximum atomic E-state index is 12.3. The lowest BCUT2D eigenvalue weighted by molar-refractivity contribution is -0.357. The molecule has 2 bridgehead atoms. The summed E-state index contributed by atoms with van der Waals surface area (Å²) in [6, 6.07) is 0. The van der Waals surface area contributed by atoms with Crippen molar-refractivity contribution in [3.63, 3.8) is 0 Å². The van der Waals surface area contributed by atoms with Gasteiger partial charge in [0.2, 0.25) is 0 Å². The van der Waals surface area contributed by atoms with Gasteiger partial charge in [0, 0.05) is 23.7 Å². The van der Waals surface area contributed by atoms with Crippen molar-refractivity contribution in [3.8, 4) is 0 Å². The normalized spacial score (nSPS) is 54.8. The van der Waals surface area contributed by atoms with Gasteiger partial charge in [-0.2, -0.15) is 8.42 Å². The molecule has 4 saturated heterocycles. The summed E-state index contributed by atoms with van der Waals surface area (Å²) in [6.45, 7) is 15.4. The first-order chi connectivity index (χ1) is 26.9. The average molecular weight is 847 g/mol. The Morgan fingerprint density at radius 1 is 0.828 bits per heavy atom. The standard InChI is InChI=1S/C41H66O16S/c1-20(2)14-21-15-52-41-18-40(19-53-41)22(33(41)39(21,7)47)8-9-26-37(5)12-11-27(36(3,4)25(37)10-13-38(26,40)6)56-34-31(46)32(23(42)16-51-34)57-35-30(45)29(44)28(43)24(55-35)17-54-58(48,49)50/h14,21-35,42-47H,8-13,15-19H2,1-7H3,(H,48,49,50)/t21-,22-,23+,24-,25?,26-,27+,28-,29+,30-,31-,32+,33-,34+,35+,37+,38-,39+,40+,41-/m1/s1. The molecule has 20 atom stereocenters. The first-order valence-electron chi connectivity index (χ1n) is 21.2. The average Bonchev–Trinajstić information content (AvgIpc) is 3.66. The van der Waals surface area contributed by atoms with Gasteiger partial charge in [0.05, 0.1) is 38.1 Å². The highest BCUT2D eigenvalue weighted by Crippen LogP contribution is 2.80. The Bertz CT molecular complexity index is 1700. The van der Waals surface area contributed by atoms with Crippen molar-refractivity contribution in [2.24, 2.45) is 51.2 Å². The minimum atomic E-state index is -4.92. The van der Waals surface area contributed by atoms with Crippen molar-refractivity contribution in [3.05, 3.63) is 11.6 Å². The van der Waals surface area contributed by atoms with Gasteiger partial charge in [-0.1, -0.05) is 39.3 Å². The number of hydrogen-bond donors (Lipinski definition) is 7. The highest BCUT2D eigenvalue weighted by molar-refractivity contribution is 7.80. The molecule has 8 rings (SSSR count). The monoisotopic (exact) mass is 846 g/mol. The molecule has 332 valence electrons. The predicted molar refractivity (Wildman–Crippen MR) is 203 cm³/mol. The lowest BCUT2D eigenvalue weighted by Crippen LogP contribution is -2.68. The third kappa shape index (κ3) is 6.54. The second-order valence-corrected chi connectivity index (χ2v) is 21.7. The van der Waals surface area contributed by atoms with Crippen molar-refractivity contribution in [2.75, 3.05) is 26.4 Å². The van der Waals surface area contributed by atoms with Gasteiger partial charge in [0.15, 0.2) is 18.4 Å². The fourth-order valence-corrected chi connectivity index (χ4v) is 14.7. The Hall–Kier alpha value is -0.870. The molecule has 0 aromatic rings. The van der Waals surface area contributed by atoms with E-state index >= 15 is 0 Å². The van der Waals surface area contributed by atoms with E-state index < -0.39 is 83.7 Å². The molecule has 4 aliphatic carbocycles. The third-order valence-electron chi connectivity index (χ3n) is 17.1. The number of ether oxygens (including phenoxy) is 6. The van der Waals surface area contributed by atoms with Gasteiger partial charge in [0.25, 0.3) is 0 Å². The highest BCUT2D eigenvalue weighted by atomic mass is 32.3. The molecule has 0 radical (unpaired) electrons. The van der Waals surface area contributed by atoms with Gasteiger partial charge in [0.1, 0.15) is 42.7 Å². The molecule has 4 heterocycles. The zero-order chi connectivity index (χ0) is 42.2. The Labute approximate surface area is 341 Å². The van der Waals surface area contributed by atoms with Gasteiger partial charge in [-0.3, -0.25) is 4.55 Å². The second kappa shape index (κ2) is 14.6. The minimum absolute atomic E-state index is 0.0308. The molecule has 4 saturated carbocycles. The molecule has 16 nitrogen and oxygen atoms in total. The third-order valence-corrected chi connectivity index (χ3v) is 17.5. The quantitative estimate of drug-likeness (QED) is 0.105. The first kappa shape index (κ1) is 43.8. The van der Waals surface area contributed by atoms with Crippen LogP contribution >= 0.6 is 0 Å². The molecule has 2 spiro atoms. The van der Waals surface area contributed by atoms with Crippen LogP contribution in [0.1, 0.15) is 93.4 Å². The zero-order valence-electron chi connectivity index (χ0n) is 34.7. The lowest BCUT2D eigenvalue weighted by Gasteiger charge is -2.70. The summed E-state index contributed by atoms with van der Waals surface area (Å²) in [5.41, 5.74) is -0.319. The predicted octanol–water partition coefficient (Wildman–Crippen LogP) is 1.83. The minimum Gasteiger partial charge on any atom is -0.389 e. The van der Waals surface area contributed by atoms with Crippen molar-refractivity contribution in [1.82, 2.24) is 0 Å². The maximum Gasteiger partial charge on any atom is 0.397 e. The summed E-state index contributed by atoms with van der Waals surface area (Å²) in [5, 5.41) is 66.2. The second-order valence-electron chi connectivity index (χ2n) is 20.6. The molecule has 0 aromatic heterocycles. The van der Waals surface area contributed by atoms with Crippen molar-refractivity contribution >= 4 is 10.4 Å². The number of aliphatic hydroxyl groups excluding tert-OH is 5. The van der Waals surface area contributed by atoms with Crippen molar-refractivity contribution in [2.45, 2.75) is 166 Å². The number of aliphatic hydroxyl groups is 6. The van der Waals surface area contributed by atoms with Gasteiger partial charge >= 0.3 is 10.4 Å². The van der Waals surface area contributed by atoms with Crippen LogP contribution in [0.3, 0.4) is 0 Å². The number of allylic oxidation sites excluding steroid dienone is 1. The molecule has 0 aromatic carbocycles. The maximum absolute atomic E-state index is 12.3.